The number of benzene rings is 2. The van der Waals surface area contributed by atoms with Crippen LogP contribution in [0.4, 0.5) is 28.7 Å². The summed E-state index contributed by atoms with van der Waals surface area (Å²) in [5.74, 6) is -4.51. The Morgan fingerprint density at radius 1 is 0.484 bits per heavy atom. The Morgan fingerprint density at radius 3 is 1.55 bits per heavy atom. The topological polar surface area (TPSA) is 528 Å². The number of thiophene rings is 1. The molecule has 11 amide bonds. The first-order valence-corrected chi connectivity index (χ1v) is 42.1. The summed E-state index contributed by atoms with van der Waals surface area (Å²) >= 11 is 7.90. The number of aromatic nitrogens is 11. The van der Waals surface area contributed by atoms with Gasteiger partial charge < -0.3 is 120 Å². The van der Waals surface area contributed by atoms with Crippen molar-refractivity contribution in [3.05, 3.63) is 165 Å². The quantitative estimate of drug-likeness (QED) is 0.0240. The minimum Gasteiger partial charge on any atom is -0.491 e. The highest BCUT2D eigenvalue weighted by atomic mass is 35.5. The number of aliphatic carboxylic acids is 1. The second kappa shape index (κ2) is 48.4. The lowest BCUT2D eigenvalue weighted by molar-refractivity contribution is -0.138. The van der Waals surface area contributed by atoms with E-state index in [1.165, 1.54) is 55.2 Å². The van der Waals surface area contributed by atoms with Crippen LogP contribution in [0.5, 0.6) is 5.75 Å². The maximum absolute atomic E-state index is 13.6. The number of fused-ring (bicyclic) bond motifs is 3. The number of aryl methyl sites for hydroxylation is 7. The minimum atomic E-state index is -1.13. The third-order valence-electron chi connectivity index (χ3n) is 19.4. The molecule has 2 aromatic carbocycles. The summed E-state index contributed by atoms with van der Waals surface area (Å²) in [7, 11) is 7.98. The molecule has 1 aliphatic rings. The van der Waals surface area contributed by atoms with Gasteiger partial charge in [0.15, 0.2) is 23.3 Å². The molecule has 0 fully saturated rings. The molecule has 2 atom stereocenters. The highest BCUT2D eigenvalue weighted by Gasteiger charge is 2.34. The molecule has 684 valence electrons. The van der Waals surface area contributed by atoms with E-state index < -0.39 is 71.2 Å². The van der Waals surface area contributed by atoms with E-state index >= 15 is 0 Å². The average molecular weight is 1810 g/mol. The van der Waals surface area contributed by atoms with Crippen molar-refractivity contribution in [3.8, 4) is 10.8 Å². The van der Waals surface area contributed by atoms with Gasteiger partial charge in [-0.05, 0) is 81.3 Å². The molecule has 45 heteroatoms. The van der Waals surface area contributed by atoms with Crippen LogP contribution in [0.2, 0.25) is 5.02 Å². The molecule has 10 rings (SSSR count). The predicted octanol–water partition coefficient (Wildman–Crippen LogP) is 4.00. The van der Waals surface area contributed by atoms with E-state index in [-0.39, 0.29) is 202 Å². The average Bonchev–Trinajstić information content (AvgIpc) is 1.59. The van der Waals surface area contributed by atoms with Crippen molar-refractivity contribution in [2.45, 2.75) is 77.8 Å². The molecule has 0 saturated carbocycles. The van der Waals surface area contributed by atoms with Gasteiger partial charge in [0.05, 0.1) is 103 Å². The number of nitrogens with zero attached hydrogens (tertiary/aromatic N) is 12. The van der Waals surface area contributed by atoms with E-state index in [9.17, 15) is 62.6 Å². The second-order valence-corrected chi connectivity index (χ2v) is 30.7. The van der Waals surface area contributed by atoms with Gasteiger partial charge in [-0.25, -0.2) is 15.0 Å². The molecular formula is C83H104ClN23O20S. The molecule has 9 aromatic rings. The summed E-state index contributed by atoms with van der Waals surface area (Å²) in [5.41, 5.74) is 5.30. The molecule has 0 unspecified atom stereocenters. The lowest BCUT2D eigenvalue weighted by atomic mass is 9.99. The van der Waals surface area contributed by atoms with Crippen LogP contribution >= 0.6 is 22.9 Å². The van der Waals surface area contributed by atoms with Crippen LogP contribution in [-0.4, -0.2) is 259 Å². The summed E-state index contributed by atoms with van der Waals surface area (Å²) < 4.78 is 48.5. The number of carbonyl (C=O) groups is 12. The van der Waals surface area contributed by atoms with E-state index in [2.05, 4.69) is 97.5 Å². The summed E-state index contributed by atoms with van der Waals surface area (Å²) in [6.45, 7) is 8.85. The maximum Gasteiger partial charge on any atom is 0.303 e. The van der Waals surface area contributed by atoms with Crippen molar-refractivity contribution in [1.82, 2.24) is 84.5 Å². The van der Waals surface area contributed by atoms with Crippen LogP contribution in [0.25, 0.3) is 5.00 Å². The monoisotopic (exact) mass is 1810 g/mol. The smallest absolute Gasteiger partial charge is 0.303 e. The van der Waals surface area contributed by atoms with E-state index in [0.29, 0.717) is 53.6 Å². The van der Waals surface area contributed by atoms with Gasteiger partial charge in [-0.1, -0.05) is 23.7 Å². The van der Waals surface area contributed by atoms with Crippen molar-refractivity contribution in [1.29, 1.82) is 0 Å². The van der Waals surface area contributed by atoms with Gasteiger partial charge in [-0.2, -0.15) is 0 Å². The molecule has 43 nitrogen and oxygen atoms in total. The number of carboxylic acids is 1. The van der Waals surface area contributed by atoms with Crippen LogP contribution in [0.3, 0.4) is 0 Å². The van der Waals surface area contributed by atoms with Gasteiger partial charge >= 0.3 is 5.97 Å². The first-order valence-electron chi connectivity index (χ1n) is 40.9. The molecule has 128 heavy (non-hydrogen) atoms. The van der Waals surface area contributed by atoms with Crippen LogP contribution in [0.1, 0.15) is 137 Å². The Morgan fingerprint density at radius 2 is 1.00 bits per heavy atom. The largest absolute Gasteiger partial charge is 0.491 e. The normalized spacial score (nSPS) is 12.3. The van der Waals surface area contributed by atoms with Crippen molar-refractivity contribution in [3.63, 3.8) is 0 Å². The first-order chi connectivity index (χ1) is 61.5. The molecule has 0 aliphatic carbocycles. The zero-order chi connectivity index (χ0) is 91.8. The SMILES string of the molecule is Cc1sc2c(c1C)C(c1ccc(Cl)cc1)=N[C@@H](CC(=O)Nc1ccc(OCCOCCOCCOCCNC(=O)[C@@H](CCC(=O)O)NC(=O)CCOCCOCCOCCNC(=O)CCNC(=O)c3nc(NC(=O)CCNC(=O)c4cc(NC(=O)c5nc(NC(=O)CCNC(=O)c6cc(NC(=O)c7nccn7C)cn6C)cn5C)cn4C)cn3C)cc1)c1nnc(C)n1-2. The predicted molar refractivity (Wildman–Crippen MR) is 467 cm³/mol. The Labute approximate surface area is 743 Å². The summed E-state index contributed by atoms with van der Waals surface area (Å²) in [5, 5.41) is 49.1. The number of carbonyl (C=O) groups excluding carboxylic acids is 11. The van der Waals surface area contributed by atoms with Gasteiger partial charge in [0.25, 0.3) is 29.5 Å². The van der Waals surface area contributed by atoms with Crippen LogP contribution in [0, 0.1) is 20.8 Å². The zero-order valence-corrected chi connectivity index (χ0v) is 73.5. The Balaban J connectivity index is 0.493. The number of halogens is 1. The summed E-state index contributed by atoms with van der Waals surface area (Å²) in [6.07, 6.45) is 8.09. The van der Waals surface area contributed by atoms with Gasteiger partial charge in [0.1, 0.15) is 46.7 Å². The van der Waals surface area contributed by atoms with Crippen LogP contribution in [0.15, 0.2) is 103 Å². The number of hydrogen-bond acceptors (Lipinski definition) is 26. The highest BCUT2D eigenvalue weighted by molar-refractivity contribution is 7.15. The highest BCUT2D eigenvalue weighted by Crippen LogP contribution is 2.40. The fraction of sp³-hybridized carbons (Fsp3) is 0.422. The third kappa shape index (κ3) is 29.1. The molecule has 0 radical (unpaired) electrons. The number of nitrogens with one attached hydrogen (secondary N) is 11. The van der Waals surface area contributed by atoms with Crippen molar-refractivity contribution < 1.29 is 95.8 Å². The van der Waals surface area contributed by atoms with Gasteiger partial charge in [-0.3, -0.25) is 67.1 Å². The number of imidazole rings is 3. The molecule has 12 N–H and O–H groups in total. The first kappa shape index (κ1) is 96.8. The van der Waals surface area contributed by atoms with Gasteiger partial charge in [-0.15, -0.1) is 21.5 Å². The Bertz CT molecular complexity index is 5420. The van der Waals surface area contributed by atoms with Crippen LogP contribution in [-0.2, 0) is 97.2 Å². The standard InChI is InChI=1S/C83H104ClN23O20S/c1-50-51(2)128-83-71(50)72(53-9-11-54(84)12-10-53)95-60(73-101-100-52(3)107(73)83)45-69(112)91-55-13-15-58(16-14-55)127-42-41-126-40-39-125-38-35-123-32-28-90-77(115)59(17-18-70(113)114)94-68(111)22-30-121-33-36-124-37-34-122-31-27-85-65(108)19-23-89-80(118)75-98-63(48-105(75)7)96-66(109)20-24-88-79(117)62-44-57(47-104(62)6)93-82(120)76-99-64(49-106(76)8)97-67(110)21-25-87-78(116)61-43-56(46-103(61)5)92-81(119)74-86-26-29-102(74)4/h9-16,26,29,43-44,46-49,59-60H,17-25,27-28,30-42,45H2,1-8H3,(H,85,108)(H,87,116)(H,88,117)(H,89,118)(H,90,115)(H,91,112)(H,92,119)(H,93,120)(H,94,111)(H,96,109)(H,97,110)(H,113,114)/t59-,60+/m1/s1. The molecule has 1 aliphatic heterocycles. The Hall–Kier alpha value is -13.4. The van der Waals surface area contributed by atoms with Crippen molar-refractivity contribution in [2.75, 3.05) is 145 Å². The molecule has 0 bridgehead atoms. The lowest BCUT2D eigenvalue weighted by Crippen LogP contribution is -2.47. The molecule has 0 spiro atoms. The number of amides is 11. The fourth-order valence-corrected chi connectivity index (χ4v) is 14.2. The number of carboxylic acid groups (broad SMARTS) is 1. The number of hydrogen-bond donors (Lipinski definition) is 12. The zero-order valence-electron chi connectivity index (χ0n) is 71.9. The van der Waals surface area contributed by atoms with Crippen LogP contribution < -0.4 is 63.2 Å². The van der Waals surface area contributed by atoms with E-state index in [0.717, 1.165) is 32.3 Å². The van der Waals surface area contributed by atoms with E-state index in [1.807, 2.05) is 35.8 Å². The number of rotatable bonds is 52. The summed E-state index contributed by atoms with van der Waals surface area (Å²) in [4.78, 5) is 173. The molecule has 7 aromatic heterocycles. The summed E-state index contributed by atoms with van der Waals surface area (Å²) in [6, 6.07) is 15.7. The maximum atomic E-state index is 13.6. The number of anilines is 5. The van der Waals surface area contributed by atoms with Crippen molar-refractivity contribution in [2.24, 2.45) is 40.2 Å². The van der Waals surface area contributed by atoms with Gasteiger partial charge in [0.2, 0.25) is 47.1 Å². The lowest BCUT2D eigenvalue weighted by Gasteiger charge is -2.18. The molecule has 8 heterocycles. The molecular weight excluding hydrogens is 1710 g/mol. The second-order valence-electron chi connectivity index (χ2n) is 29.1. The van der Waals surface area contributed by atoms with E-state index in [1.54, 1.807) is 87.8 Å². The number of ether oxygens (including phenoxy) is 7. The van der Waals surface area contributed by atoms with Gasteiger partial charge in [0, 0.05) is 164 Å². The Kier molecular flexibility index (Phi) is 36.6. The minimum absolute atomic E-state index is 0.00370. The molecule has 0 saturated heterocycles. The van der Waals surface area contributed by atoms with E-state index in [4.69, 9.17) is 49.8 Å². The fourth-order valence-electron chi connectivity index (χ4n) is 12.8. The third-order valence-corrected chi connectivity index (χ3v) is 20.8. The van der Waals surface area contributed by atoms with Crippen molar-refractivity contribution >= 4 is 128 Å². The number of aliphatic imine (C=N–C) groups is 1.